The van der Waals surface area contributed by atoms with Gasteiger partial charge in [-0.05, 0) is 38.0 Å². The van der Waals surface area contributed by atoms with Crippen molar-refractivity contribution in [2.24, 2.45) is 0 Å². The predicted molar refractivity (Wildman–Crippen MR) is 80.2 cm³/mol. The zero-order valence-corrected chi connectivity index (χ0v) is 12.0. The molecule has 0 fully saturated rings. The van der Waals surface area contributed by atoms with Gasteiger partial charge in [0, 0.05) is 12.6 Å². The average Bonchev–Trinajstić information content (AvgIpc) is 2.47. The van der Waals surface area contributed by atoms with Crippen LogP contribution >= 0.6 is 0 Å². The van der Waals surface area contributed by atoms with E-state index in [1.54, 1.807) is 6.20 Å². The van der Waals surface area contributed by atoms with Crippen LogP contribution in [-0.4, -0.2) is 10.9 Å². The second-order valence-electron chi connectivity index (χ2n) is 5.37. The lowest BCUT2D eigenvalue weighted by Crippen LogP contribution is -2.41. The number of pyridine rings is 1. The molecular weight excluding hydrogens is 248 g/mol. The second kappa shape index (κ2) is 6.33. The highest BCUT2D eigenvalue weighted by atomic mass is 16.1. The maximum atomic E-state index is 12.1. The summed E-state index contributed by atoms with van der Waals surface area (Å²) >= 11 is 0. The van der Waals surface area contributed by atoms with Crippen molar-refractivity contribution < 1.29 is 4.79 Å². The third-order valence-electron chi connectivity index (χ3n) is 3.24. The molecule has 1 aromatic heterocycles. The summed E-state index contributed by atoms with van der Waals surface area (Å²) in [6.45, 7) is 3.94. The van der Waals surface area contributed by atoms with Crippen LogP contribution in [0.2, 0.25) is 0 Å². The number of rotatable bonds is 5. The Morgan fingerprint density at radius 2 is 1.80 bits per heavy atom. The van der Waals surface area contributed by atoms with Gasteiger partial charge in [0.1, 0.15) is 0 Å². The minimum absolute atomic E-state index is 0.0458. The lowest BCUT2D eigenvalue weighted by atomic mass is 9.99. The van der Waals surface area contributed by atoms with Crippen molar-refractivity contribution in [2.45, 2.75) is 32.2 Å². The van der Waals surface area contributed by atoms with Crippen LogP contribution in [-0.2, 0) is 16.8 Å². The van der Waals surface area contributed by atoms with Gasteiger partial charge in [-0.3, -0.25) is 9.78 Å². The molecule has 1 aromatic carbocycles. The van der Waals surface area contributed by atoms with E-state index in [-0.39, 0.29) is 5.91 Å². The quantitative estimate of drug-likeness (QED) is 0.905. The minimum atomic E-state index is -0.449. The fourth-order valence-corrected chi connectivity index (χ4v) is 2.11. The highest BCUT2D eigenvalue weighted by molar-refractivity contribution is 5.77. The number of hydrogen-bond donors (Lipinski definition) is 1. The van der Waals surface area contributed by atoms with E-state index in [0.717, 1.165) is 12.1 Å². The highest BCUT2D eigenvalue weighted by Gasteiger charge is 2.23. The number of amides is 1. The summed E-state index contributed by atoms with van der Waals surface area (Å²) in [5, 5.41) is 3.04. The van der Waals surface area contributed by atoms with Crippen LogP contribution in [0.3, 0.4) is 0 Å². The number of benzene rings is 1. The second-order valence-corrected chi connectivity index (χ2v) is 5.37. The molecule has 3 heteroatoms. The number of nitrogens with one attached hydrogen (secondary N) is 1. The molecule has 0 atom stereocenters. The number of nitrogens with zero attached hydrogens (tertiary/aromatic N) is 1. The summed E-state index contributed by atoms with van der Waals surface area (Å²) < 4.78 is 0. The van der Waals surface area contributed by atoms with Gasteiger partial charge >= 0.3 is 0 Å². The molecule has 0 aliphatic rings. The van der Waals surface area contributed by atoms with Crippen molar-refractivity contribution in [3.05, 3.63) is 66.0 Å². The van der Waals surface area contributed by atoms with Crippen molar-refractivity contribution >= 4 is 5.91 Å². The predicted octanol–water partition coefficient (Wildman–Crippen LogP) is 3.07. The Morgan fingerprint density at radius 1 is 1.10 bits per heavy atom. The first-order valence-electron chi connectivity index (χ1n) is 6.84. The van der Waals surface area contributed by atoms with Gasteiger partial charge in [-0.2, -0.15) is 0 Å². The number of carbonyl (C=O) groups is 1. The molecule has 1 heterocycles. The fraction of sp³-hybridized carbons (Fsp3) is 0.294. The van der Waals surface area contributed by atoms with Gasteiger partial charge in [0.25, 0.3) is 0 Å². The first-order chi connectivity index (χ1) is 9.58. The summed E-state index contributed by atoms with van der Waals surface area (Å²) in [4.78, 5) is 16.4. The van der Waals surface area contributed by atoms with Crippen LogP contribution in [0.5, 0.6) is 0 Å². The molecular formula is C17H20N2O. The summed E-state index contributed by atoms with van der Waals surface area (Å²) in [6.07, 6.45) is 2.98. The van der Waals surface area contributed by atoms with Gasteiger partial charge < -0.3 is 5.32 Å². The topological polar surface area (TPSA) is 42.0 Å². The SMILES string of the molecule is CC(C)(NC(=O)CCc1ccccc1)c1ccccn1. The zero-order valence-electron chi connectivity index (χ0n) is 12.0. The molecule has 0 saturated carbocycles. The molecule has 0 saturated heterocycles. The lowest BCUT2D eigenvalue weighted by molar-refractivity contribution is -0.122. The van der Waals surface area contributed by atoms with E-state index in [1.165, 1.54) is 5.56 Å². The Kier molecular flexibility index (Phi) is 4.51. The molecule has 2 aromatic rings. The van der Waals surface area contributed by atoms with Crippen molar-refractivity contribution in [1.82, 2.24) is 10.3 Å². The Labute approximate surface area is 120 Å². The highest BCUT2D eigenvalue weighted by Crippen LogP contribution is 2.17. The van der Waals surface area contributed by atoms with E-state index in [4.69, 9.17) is 0 Å². The molecule has 20 heavy (non-hydrogen) atoms. The Hall–Kier alpha value is -2.16. The molecule has 2 rings (SSSR count). The summed E-state index contributed by atoms with van der Waals surface area (Å²) in [7, 11) is 0. The van der Waals surface area contributed by atoms with Crippen molar-refractivity contribution in [1.29, 1.82) is 0 Å². The van der Waals surface area contributed by atoms with Crippen LogP contribution in [0.1, 0.15) is 31.5 Å². The normalized spacial score (nSPS) is 11.1. The third kappa shape index (κ3) is 3.92. The van der Waals surface area contributed by atoms with Crippen LogP contribution in [0, 0.1) is 0 Å². The van der Waals surface area contributed by atoms with E-state index >= 15 is 0 Å². The standard InChI is InChI=1S/C17H20N2O/c1-17(2,15-10-6-7-13-18-15)19-16(20)12-11-14-8-4-3-5-9-14/h3-10,13H,11-12H2,1-2H3,(H,19,20). The van der Waals surface area contributed by atoms with Crippen molar-refractivity contribution in [3.63, 3.8) is 0 Å². The maximum absolute atomic E-state index is 12.1. The van der Waals surface area contributed by atoms with Gasteiger partial charge in [0.05, 0.1) is 11.2 Å². The van der Waals surface area contributed by atoms with Gasteiger partial charge in [-0.25, -0.2) is 0 Å². The summed E-state index contributed by atoms with van der Waals surface area (Å²) in [6, 6.07) is 15.8. The van der Waals surface area contributed by atoms with Gasteiger partial charge in [-0.1, -0.05) is 36.4 Å². The van der Waals surface area contributed by atoms with Crippen molar-refractivity contribution in [3.8, 4) is 0 Å². The molecule has 3 nitrogen and oxygen atoms in total. The van der Waals surface area contributed by atoms with Crippen LogP contribution in [0.15, 0.2) is 54.7 Å². The van der Waals surface area contributed by atoms with E-state index in [0.29, 0.717) is 6.42 Å². The minimum Gasteiger partial charge on any atom is -0.346 e. The van der Waals surface area contributed by atoms with Gasteiger partial charge in [0.15, 0.2) is 0 Å². The largest absolute Gasteiger partial charge is 0.346 e. The Morgan fingerprint density at radius 3 is 2.45 bits per heavy atom. The smallest absolute Gasteiger partial charge is 0.221 e. The molecule has 0 spiro atoms. The number of carbonyl (C=O) groups excluding carboxylic acids is 1. The van der Waals surface area contributed by atoms with Gasteiger partial charge in [0.2, 0.25) is 5.91 Å². The molecule has 0 unspecified atom stereocenters. The molecule has 104 valence electrons. The summed E-state index contributed by atoms with van der Waals surface area (Å²) in [5.41, 5.74) is 1.60. The number of aromatic nitrogens is 1. The molecule has 1 amide bonds. The average molecular weight is 268 g/mol. The molecule has 0 bridgehead atoms. The molecule has 0 radical (unpaired) electrons. The van der Waals surface area contributed by atoms with E-state index in [2.05, 4.69) is 10.3 Å². The fourth-order valence-electron chi connectivity index (χ4n) is 2.11. The maximum Gasteiger partial charge on any atom is 0.221 e. The molecule has 1 N–H and O–H groups in total. The van der Waals surface area contributed by atoms with E-state index in [1.807, 2.05) is 62.4 Å². The lowest BCUT2D eigenvalue weighted by Gasteiger charge is -2.25. The Bertz CT molecular complexity index is 550. The third-order valence-corrected chi connectivity index (χ3v) is 3.24. The van der Waals surface area contributed by atoms with Crippen LogP contribution in [0.25, 0.3) is 0 Å². The first kappa shape index (κ1) is 14.3. The number of hydrogen-bond acceptors (Lipinski definition) is 2. The van der Waals surface area contributed by atoms with E-state index < -0.39 is 5.54 Å². The monoisotopic (exact) mass is 268 g/mol. The van der Waals surface area contributed by atoms with Crippen molar-refractivity contribution in [2.75, 3.05) is 0 Å². The van der Waals surface area contributed by atoms with E-state index in [9.17, 15) is 4.79 Å². The molecule has 0 aliphatic heterocycles. The number of aryl methyl sites for hydroxylation is 1. The Balaban J connectivity index is 1.91. The van der Waals surface area contributed by atoms with Gasteiger partial charge in [-0.15, -0.1) is 0 Å². The van der Waals surface area contributed by atoms with Crippen LogP contribution < -0.4 is 5.32 Å². The zero-order chi connectivity index (χ0) is 14.4. The molecule has 0 aliphatic carbocycles. The summed E-state index contributed by atoms with van der Waals surface area (Å²) in [5.74, 6) is 0.0458. The van der Waals surface area contributed by atoms with Crippen LogP contribution in [0.4, 0.5) is 0 Å². The first-order valence-corrected chi connectivity index (χ1v) is 6.84.